The number of aliphatic hydroxyl groups excluding tert-OH is 1. The zero-order valence-electron chi connectivity index (χ0n) is 13.6. The molecule has 1 fully saturated rings. The largest absolute Gasteiger partial charge is 0.466 e. The summed E-state index contributed by atoms with van der Waals surface area (Å²) in [6, 6.07) is 0. The van der Waals surface area contributed by atoms with E-state index in [0.29, 0.717) is 18.9 Å². The molecule has 0 saturated heterocycles. The first kappa shape index (κ1) is 18.2. The minimum Gasteiger partial charge on any atom is -0.466 e. The van der Waals surface area contributed by atoms with Crippen LogP contribution in [0.5, 0.6) is 0 Å². The van der Waals surface area contributed by atoms with E-state index >= 15 is 0 Å². The van der Waals surface area contributed by atoms with E-state index in [0.717, 1.165) is 37.7 Å². The highest BCUT2D eigenvalue weighted by Crippen LogP contribution is 2.33. The van der Waals surface area contributed by atoms with Crippen LogP contribution in [0.15, 0.2) is 12.2 Å². The minimum absolute atomic E-state index is 0.0159. The van der Waals surface area contributed by atoms with Crippen molar-refractivity contribution in [1.29, 1.82) is 0 Å². The summed E-state index contributed by atoms with van der Waals surface area (Å²) >= 11 is 0. The second-order valence-corrected chi connectivity index (χ2v) is 6.90. The molecule has 4 heteroatoms. The smallest absolute Gasteiger partial charge is 0.302 e. The van der Waals surface area contributed by atoms with E-state index in [1.807, 2.05) is 0 Å². The zero-order chi connectivity index (χ0) is 16.0. The maximum Gasteiger partial charge on any atom is 0.302 e. The summed E-state index contributed by atoms with van der Waals surface area (Å²) < 4.78 is 5.15. The van der Waals surface area contributed by atoms with Crippen molar-refractivity contribution in [2.45, 2.75) is 71.0 Å². The molecule has 1 rings (SSSR count). The van der Waals surface area contributed by atoms with Gasteiger partial charge in [-0.2, -0.15) is 0 Å². The van der Waals surface area contributed by atoms with Gasteiger partial charge in [0.25, 0.3) is 0 Å². The molecular formula is C17H30O4. The van der Waals surface area contributed by atoms with Crippen LogP contribution in [0.25, 0.3) is 0 Å². The maximum atomic E-state index is 11.0. The first-order valence-corrected chi connectivity index (χ1v) is 7.91. The van der Waals surface area contributed by atoms with Crippen molar-refractivity contribution in [3.63, 3.8) is 0 Å². The Bertz CT molecular complexity index is 356. The minimum atomic E-state index is -0.827. The topological polar surface area (TPSA) is 66.8 Å². The molecule has 1 aliphatic carbocycles. The monoisotopic (exact) mass is 298 g/mol. The van der Waals surface area contributed by atoms with Gasteiger partial charge in [-0.1, -0.05) is 6.58 Å². The van der Waals surface area contributed by atoms with Gasteiger partial charge in [-0.15, -0.1) is 0 Å². The summed E-state index contributed by atoms with van der Waals surface area (Å²) in [5.41, 5.74) is 0.0179. The Kier molecular flexibility index (Phi) is 6.88. The van der Waals surface area contributed by atoms with Crippen molar-refractivity contribution >= 4 is 5.97 Å². The molecule has 0 aliphatic heterocycles. The molecule has 0 aromatic heterocycles. The van der Waals surface area contributed by atoms with Crippen molar-refractivity contribution in [2.75, 3.05) is 6.61 Å². The third kappa shape index (κ3) is 6.62. The summed E-state index contributed by atoms with van der Waals surface area (Å²) in [5, 5.41) is 20.5. The Morgan fingerprint density at radius 3 is 2.62 bits per heavy atom. The average molecular weight is 298 g/mol. The van der Waals surface area contributed by atoms with Crippen LogP contribution in [0.2, 0.25) is 0 Å². The van der Waals surface area contributed by atoms with Gasteiger partial charge in [-0.3, -0.25) is 4.79 Å². The molecule has 1 aliphatic rings. The van der Waals surface area contributed by atoms with Gasteiger partial charge in [0.15, 0.2) is 0 Å². The van der Waals surface area contributed by atoms with Gasteiger partial charge in [-0.05, 0) is 69.8 Å². The number of carbonyl (C=O) groups is 1. The highest BCUT2D eigenvalue weighted by Gasteiger charge is 2.31. The molecule has 0 aromatic rings. The fourth-order valence-electron chi connectivity index (χ4n) is 2.96. The van der Waals surface area contributed by atoms with Crippen LogP contribution in [0.1, 0.15) is 59.3 Å². The fourth-order valence-corrected chi connectivity index (χ4v) is 2.96. The Labute approximate surface area is 128 Å². The number of esters is 1. The van der Waals surface area contributed by atoms with Crippen molar-refractivity contribution in [3.8, 4) is 0 Å². The molecule has 122 valence electrons. The lowest BCUT2D eigenvalue weighted by molar-refractivity contribution is -0.142. The molecule has 0 aromatic carbocycles. The number of ether oxygens (including phenoxy) is 1. The summed E-state index contributed by atoms with van der Waals surface area (Å²) in [5.74, 6) is 0.0925. The van der Waals surface area contributed by atoms with Crippen LogP contribution in [0.4, 0.5) is 0 Å². The number of rotatable bonds is 3. The summed E-state index contributed by atoms with van der Waals surface area (Å²) in [7, 11) is 0. The van der Waals surface area contributed by atoms with Crippen molar-refractivity contribution < 1.29 is 19.7 Å². The SMILES string of the molecule is C=C1CCCC(COC(C)=O)CCC(C(C)(C)O)CC1O. The second kappa shape index (κ2) is 7.95. The third-order valence-corrected chi connectivity index (χ3v) is 4.53. The van der Waals surface area contributed by atoms with Gasteiger partial charge in [0.05, 0.1) is 18.3 Å². The van der Waals surface area contributed by atoms with E-state index < -0.39 is 11.7 Å². The van der Waals surface area contributed by atoms with E-state index in [1.54, 1.807) is 13.8 Å². The van der Waals surface area contributed by atoms with Gasteiger partial charge in [0.1, 0.15) is 0 Å². The molecule has 21 heavy (non-hydrogen) atoms. The van der Waals surface area contributed by atoms with Gasteiger partial charge >= 0.3 is 5.97 Å². The molecule has 1 saturated carbocycles. The molecule has 0 amide bonds. The van der Waals surface area contributed by atoms with E-state index in [2.05, 4.69) is 6.58 Å². The average Bonchev–Trinajstić information content (AvgIpc) is 2.37. The molecule has 3 unspecified atom stereocenters. The lowest BCUT2D eigenvalue weighted by Crippen LogP contribution is -2.35. The predicted molar refractivity (Wildman–Crippen MR) is 82.8 cm³/mol. The number of hydrogen-bond donors (Lipinski definition) is 2. The number of hydrogen-bond acceptors (Lipinski definition) is 4. The maximum absolute atomic E-state index is 11.0. The Morgan fingerprint density at radius 1 is 1.38 bits per heavy atom. The normalized spacial score (nSPS) is 29.0. The van der Waals surface area contributed by atoms with Crippen molar-refractivity contribution in [1.82, 2.24) is 0 Å². The van der Waals surface area contributed by atoms with Gasteiger partial charge < -0.3 is 14.9 Å². The molecule has 0 spiro atoms. The summed E-state index contributed by atoms with van der Waals surface area (Å²) in [4.78, 5) is 11.0. The number of carbonyl (C=O) groups excluding carboxylic acids is 1. The first-order valence-electron chi connectivity index (χ1n) is 7.91. The molecule has 0 bridgehead atoms. The quantitative estimate of drug-likeness (QED) is 0.621. The fraction of sp³-hybridized carbons (Fsp3) is 0.824. The Hall–Kier alpha value is -0.870. The van der Waals surface area contributed by atoms with Crippen LogP contribution in [0, 0.1) is 11.8 Å². The van der Waals surface area contributed by atoms with Crippen LogP contribution in [0.3, 0.4) is 0 Å². The van der Waals surface area contributed by atoms with Crippen molar-refractivity contribution in [2.24, 2.45) is 11.8 Å². The lowest BCUT2D eigenvalue weighted by atomic mass is 9.78. The van der Waals surface area contributed by atoms with Crippen LogP contribution in [-0.2, 0) is 9.53 Å². The van der Waals surface area contributed by atoms with E-state index in [9.17, 15) is 15.0 Å². The van der Waals surface area contributed by atoms with Gasteiger partial charge in [0, 0.05) is 6.92 Å². The van der Waals surface area contributed by atoms with Crippen LogP contribution in [-0.4, -0.2) is 34.5 Å². The Balaban J connectivity index is 2.71. The first-order chi connectivity index (χ1) is 9.70. The summed E-state index contributed by atoms with van der Waals surface area (Å²) in [6.45, 7) is 9.43. The molecule has 2 N–H and O–H groups in total. The highest BCUT2D eigenvalue weighted by atomic mass is 16.5. The molecular weight excluding hydrogens is 268 g/mol. The Morgan fingerprint density at radius 2 is 2.05 bits per heavy atom. The molecule has 0 radical (unpaired) electrons. The zero-order valence-corrected chi connectivity index (χ0v) is 13.6. The van der Waals surface area contributed by atoms with Crippen molar-refractivity contribution in [3.05, 3.63) is 12.2 Å². The second-order valence-electron chi connectivity index (χ2n) is 6.90. The van der Waals surface area contributed by atoms with Gasteiger partial charge in [0.2, 0.25) is 0 Å². The number of aliphatic hydroxyl groups is 2. The third-order valence-electron chi connectivity index (χ3n) is 4.53. The molecule has 3 atom stereocenters. The lowest BCUT2D eigenvalue weighted by Gasteiger charge is -2.33. The van der Waals surface area contributed by atoms with E-state index in [1.165, 1.54) is 6.92 Å². The van der Waals surface area contributed by atoms with E-state index in [-0.39, 0.29) is 11.9 Å². The molecule has 0 heterocycles. The van der Waals surface area contributed by atoms with E-state index in [4.69, 9.17) is 4.74 Å². The predicted octanol–water partition coefficient (Wildman–Crippen LogP) is 2.82. The van der Waals surface area contributed by atoms with Crippen LogP contribution < -0.4 is 0 Å². The summed E-state index contributed by atoms with van der Waals surface area (Å²) in [6.07, 6.45) is 4.43. The highest BCUT2D eigenvalue weighted by molar-refractivity contribution is 5.65. The van der Waals surface area contributed by atoms with Crippen LogP contribution >= 0.6 is 0 Å². The molecule has 4 nitrogen and oxygen atoms in total. The standard InChI is InChI=1S/C17H30O4/c1-12-6-5-7-14(11-21-13(2)18)8-9-15(10-16(12)19)17(3,4)20/h14-16,19-20H,1,5-11H2,2-4H3. The van der Waals surface area contributed by atoms with Gasteiger partial charge in [-0.25, -0.2) is 0 Å².